The van der Waals surface area contributed by atoms with Gasteiger partial charge in [0.1, 0.15) is 4.88 Å². The fourth-order valence-electron chi connectivity index (χ4n) is 1.29. The molecule has 1 heterocycles. The van der Waals surface area contributed by atoms with E-state index in [1.54, 1.807) is 18.2 Å². The van der Waals surface area contributed by atoms with Crippen molar-refractivity contribution in [2.24, 2.45) is 0 Å². The molecule has 0 fully saturated rings. The van der Waals surface area contributed by atoms with Crippen LogP contribution in [0, 0.1) is 11.3 Å². The first-order valence-corrected chi connectivity index (χ1v) is 5.61. The Hall–Kier alpha value is -2.26. The van der Waals surface area contributed by atoms with Gasteiger partial charge in [0.05, 0.1) is 17.8 Å². The van der Waals surface area contributed by atoms with E-state index in [0.29, 0.717) is 17.0 Å². The second-order valence-electron chi connectivity index (χ2n) is 3.28. The Labute approximate surface area is 102 Å². The molecule has 0 bridgehead atoms. The van der Waals surface area contributed by atoms with Gasteiger partial charge < -0.3 is 5.32 Å². The molecule has 0 aliphatic heterocycles. The Bertz CT molecular complexity index is 559. The van der Waals surface area contributed by atoms with Gasteiger partial charge in [-0.1, -0.05) is 16.6 Å². The van der Waals surface area contributed by atoms with Crippen LogP contribution in [0.1, 0.15) is 20.8 Å². The second kappa shape index (κ2) is 5.18. The van der Waals surface area contributed by atoms with Gasteiger partial charge in [-0.2, -0.15) is 5.26 Å². The maximum atomic E-state index is 11.6. The first-order chi connectivity index (χ1) is 8.29. The molecule has 2 rings (SSSR count). The van der Waals surface area contributed by atoms with Crippen LogP contribution >= 0.6 is 11.5 Å². The predicted octanol–water partition coefficient (Wildman–Crippen LogP) is 1.34. The molecule has 2 aromatic rings. The van der Waals surface area contributed by atoms with E-state index in [1.807, 2.05) is 6.07 Å². The van der Waals surface area contributed by atoms with Gasteiger partial charge in [-0.3, -0.25) is 4.79 Å². The number of nitrogens with zero attached hydrogens (tertiary/aromatic N) is 3. The molecule has 0 saturated heterocycles. The summed E-state index contributed by atoms with van der Waals surface area (Å²) in [5, 5.41) is 15.1. The molecule has 0 radical (unpaired) electrons. The Balaban J connectivity index is 1.98. The van der Waals surface area contributed by atoms with Gasteiger partial charge >= 0.3 is 0 Å². The largest absolute Gasteiger partial charge is 0.347 e. The number of hydrogen-bond acceptors (Lipinski definition) is 5. The fraction of sp³-hybridized carbons (Fsp3) is 0.0909. The Kier molecular flexibility index (Phi) is 3.43. The van der Waals surface area contributed by atoms with Gasteiger partial charge in [-0.25, -0.2) is 0 Å². The Morgan fingerprint density at radius 1 is 1.53 bits per heavy atom. The molecule has 5 nitrogen and oxygen atoms in total. The number of nitrogens with one attached hydrogen (secondary N) is 1. The van der Waals surface area contributed by atoms with E-state index >= 15 is 0 Å². The van der Waals surface area contributed by atoms with Crippen molar-refractivity contribution >= 4 is 17.4 Å². The van der Waals surface area contributed by atoms with Crippen LogP contribution in [0.15, 0.2) is 30.5 Å². The standard InChI is InChI=1S/C11H8N4OS/c12-5-8-2-1-3-9(4-8)6-13-11(16)10-7-14-15-17-10/h1-4,7H,6H2,(H,13,16). The third kappa shape index (κ3) is 2.86. The number of carbonyl (C=O) groups excluding carboxylic acids is 1. The van der Waals surface area contributed by atoms with Crippen LogP contribution in [-0.2, 0) is 6.54 Å². The number of rotatable bonds is 3. The highest BCUT2D eigenvalue weighted by Gasteiger charge is 2.07. The van der Waals surface area contributed by atoms with Crippen molar-refractivity contribution in [2.45, 2.75) is 6.54 Å². The van der Waals surface area contributed by atoms with Gasteiger partial charge in [0.2, 0.25) is 0 Å². The normalized spacial score (nSPS) is 9.59. The number of benzene rings is 1. The molecule has 17 heavy (non-hydrogen) atoms. The van der Waals surface area contributed by atoms with Crippen molar-refractivity contribution in [3.8, 4) is 6.07 Å². The van der Waals surface area contributed by atoms with Gasteiger partial charge in [0, 0.05) is 6.54 Å². The number of hydrogen-bond donors (Lipinski definition) is 1. The first-order valence-electron chi connectivity index (χ1n) is 4.84. The molecular weight excluding hydrogens is 236 g/mol. The van der Waals surface area contributed by atoms with Crippen molar-refractivity contribution in [2.75, 3.05) is 0 Å². The van der Waals surface area contributed by atoms with Crippen LogP contribution in [0.5, 0.6) is 0 Å². The molecule has 1 aromatic carbocycles. The average molecular weight is 244 g/mol. The molecule has 1 aromatic heterocycles. The summed E-state index contributed by atoms with van der Waals surface area (Å²) in [4.78, 5) is 12.1. The van der Waals surface area contributed by atoms with Crippen molar-refractivity contribution in [3.05, 3.63) is 46.5 Å². The van der Waals surface area contributed by atoms with E-state index in [2.05, 4.69) is 21.0 Å². The van der Waals surface area contributed by atoms with Crippen LogP contribution < -0.4 is 5.32 Å². The topological polar surface area (TPSA) is 78.7 Å². The highest BCUT2D eigenvalue weighted by Crippen LogP contribution is 2.05. The van der Waals surface area contributed by atoms with E-state index in [-0.39, 0.29) is 5.91 Å². The van der Waals surface area contributed by atoms with E-state index < -0.39 is 0 Å². The summed E-state index contributed by atoms with van der Waals surface area (Å²) in [6.07, 6.45) is 1.42. The van der Waals surface area contributed by atoms with Crippen molar-refractivity contribution < 1.29 is 4.79 Å². The summed E-state index contributed by atoms with van der Waals surface area (Å²) >= 11 is 1.05. The molecule has 1 N–H and O–H groups in total. The van der Waals surface area contributed by atoms with Gasteiger partial charge in [-0.15, -0.1) is 5.10 Å². The lowest BCUT2D eigenvalue weighted by molar-refractivity contribution is 0.0955. The smallest absolute Gasteiger partial charge is 0.264 e. The lowest BCUT2D eigenvalue weighted by Crippen LogP contribution is -2.21. The van der Waals surface area contributed by atoms with E-state index in [0.717, 1.165) is 17.1 Å². The molecule has 84 valence electrons. The van der Waals surface area contributed by atoms with Gasteiger partial charge in [-0.05, 0) is 29.2 Å². The summed E-state index contributed by atoms with van der Waals surface area (Å²) in [5.41, 5.74) is 1.46. The first kappa shape index (κ1) is 11.2. The number of aromatic nitrogens is 2. The number of nitriles is 1. The molecule has 0 spiro atoms. The summed E-state index contributed by atoms with van der Waals surface area (Å²) in [5.74, 6) is -0.206. The summed E-state index contributed by atoms with van der Waals surface area (Å²) < 4.78 is 3.61. The van der Waals surface area contributed by atoms with E-state index in [9.17, 15) is 4.79 Å². The minimum absolute atomic E-state index is 0.206. The minimum Gasteiger partial charge on any atom is -0.347 e. The highest BCUT2D eigenvalue weighted by atomic mass is 32.1. The van der Waals surface area contributed by atoms with Crippen LogP contribution in [0.25, 0.3) is 0 Å². The van der Waals surface area contributed by atoms with Crippen molar-refractivity contribution in [1.82, 2.24) is 14.9 Å². The quantitative estimate of drug-likeness (QED) is 0.883. The maximum Gasteiger partial charge on any atom is 0.264 e. The van der Waals surface area contributed by atoms with Crippen LogP contribution in [0.2, 0.25) is 0 Å². The van der Waals surface area contributed by atoms with Gasteiger partial charge in [0.25, 0.3) is 5.91 Å². The van der Waals surface area contributed by atoms with Crippen LogP contribution in [-0.4, -0.2) is 15.5 Å². The van der Waals surface area contributed by atoms with Gasteiger partial charge in [0.15, 0.2) is 0 Å². The monoisotopic (exact) mass is 244 g/mol. The molecular formula is C11H8N4OS. The third-order valence-electron chi connectivity index (χ3n) is 2.09. The summed E-state index contributed by atoms with van der Waals surface area (Å²) in [6, 6.07) is 9.15. The molecule has 0 atom stereocenters. The third-order valence-corrected chi connectivity index (χ3v) is 2.76. The molecule has 6 heteroatoms. The van der Waals surface area contributed by atoms with Crippen molar-refractivity contribution in [1.29, 1.82) is 5.26 Å². The lowest BCUT2D eigenvalue weighted by Gasteiger charge is -2.03. The molecule has 0 saturated carbocycles. The zero-order valence-electron chi connectivity index (χ0n) is 8.75. The number of carbonyl (C=O) groups is 1. The van der Waals surface area contributed by atoms with Crippen molar-refractivity contribution in [3.63, 3.8) is 0 Å². The molecule has 1 amide bonds. The zero-order chi connectivity index (χ0) is 12.1. The second-order valence-corrected chi connectivity index (χ2v) is 4.06. The Morgan fingerprint density at radius 2 is 2.41 bits per heavy atom. The highest BCUT2D eigenvalue weighted by molar-refractivity contribution is 7.07. The predicted molar refractivity (Wildman–Crippen MR) is 62.2 cm³/mol. The zero-order valence-corrected chi connectivity index (χ0v) is 9.57. The molecule has 0 aliphatic rings. The average Bonchev–Trinajstić information content (AvgIpc) is 2.90. The number of amides is 1. The SMILES string of the molecule is N#Cc1cccc(CNC(=O)c2cnns2)c1. The lowest BCUT2D eigenvalue weighted by atomic mass is 10.1. The Morgan fingerprint density at radius 3 is 3.12 bits per heavy atom. The minimum atomic E-state index is -0.206. The summed E-state index contributed by atoms with van der Waals surface area (Å²) in [7, 11) is 0. The van der Waals surface area contributed by atoms with Crippen LogP contribution in [0.4, 0.5) is 0 Å². The maximum absolute atomic E-state index is 11.6. The summed E-state index contributed by atoms with van der Waals surface area (Å²) in [6.45, 7) is 0.381. The fourth-order valence-corrected chi connectivity index (χ4v) is 1.72. The molecule has 0 unspecified atom stereocenters. The van der Waals surface area contributed by atoms with Crippen LogP contribution in [0.3, 0.4) is 0 Å². The molecule has 0 aliphatic carbocycles. The van der Waals surface area contributed by atoms with E-state index in [4.69, 9.17) is 5.26 Å². The van der Waals surface area contributed by atoms with E-state index in [1.165, 1.54) is 6.20 Å².